The highest BCUT2D eigenvalue weighted by atomic mass is 35.5. The molecule has 1 heterocycles. The zero-order valence-electron chi connectivity index (χ0n) is 9.40. The van der Waals surface area contributed by atoms with E-state index in [2.05, 4.69) is 20.3 Å². The van der Waals surface area contributed by atoms with E-state index < -0.39 is 10.8 Å². The molecule has 1 N–H and O–H groups in total. The van der Waals surface area contributed by atoms with Gasteiger partial charge in [0.15, 0.2) is 0 Å². The fraction of sp³-hybridized carbons (Fsp3) is 0.625. The Morgan fingerprint density at radius 1 is 1.38 bits per heavy atom. The van der Waals surface area contributed by atoms with Crippen molar-refractivity contribution >= 4 is 34.3 Å². The normalized spacial score (nSPS) is 12.2. The molecule has 0 radical (unpaired) electrons. The maximum absolute atomic E-state index is 10.9. The SMILES string of the molecule is CN(C)c1nc(Cl)nc(NCCS(C)=O)n1. The molecule has 0 aliphatic heterocycles. The maximum Gasteiger partial charge on any atom is 0.230 e. The Balaban J connectivity index is 2.69. The van der Waals surface area contributed by atoms with Crippen LogP contribution in [0.4, 0.5) is 11.9 Å². The first-order chi connectivity index (χ1) is 7.49. The molecular formula is C8H14ClN5OS. The quantitative estimate of drug-likeness (QED) is 0.828. The molecule has 90 valence electrons. The highest BCUT2D eigenvalue weighted by Crippen LogP contribution is 2.10. The molecule has 0 aliphatic carbocycles. The predicted molar refractivity (Wildman–Crippen MR) is 66.6 cm³/mol. The van der Waals surface area contributed by atoms with E-state index >= 15 is 0 Å². The Morgan fingerprint density at radius 3 is 2.62 bits per heavy atom. The summed E-state index contributed by atoms with van der Waals surface area (Å²) >= 11 is 5.75. The zero-order valence-corrected chi connectivity index (χ0v) is 11.0. The molecular weight excluding hydrogens is 250 g/mol. The average molecular weight is 264 g/mol. The Labute approximate surface area is 102 Å². The Morgan fingerprint density at radius 2 is 2.06 bits per heavy atom. The van der Waals surface area contributed by atoms with Crippen LogP contribution in [0.15, 0.2) is 0 Å². The molecule has 1 rings (SSSR count). The molecule has 1 atom stereocenters. The number of aromatic nitrogens is 3. The lowest BCUT2D eigenvalue weighted by Gasteiger charge is -2.11. The summed E-state index contributed by atoms with van der Waals surface area (Å²) in [6.45, 7) is 0.538. The molecule has 0 aromatic carbocycles. The molecule has 1 aromatic heterocycles. The van der Waals surface area contributed by atoms with Gasteiger partial charge in [-0.2, -0.15) is 15.0 Å². The minimum atomic E-state index is -0.836. The van der Waals surface area contributed by atoms with Crippen molar-refractivity contribution in [3.05, 3.63) is 5.28 Å². The molecule has 0 aliphatic rings. The van der Waals surface area contributed by atoms with Crippen molar-refractivity contribution in [1.29, 1.82) is 0 Å². The van der Waals surface area contributed by atoms with Gasteiger partial charge < -0.3 is 10.2 Å². The first-order valence-electron chi connectivity index (χ1n) is 4.62. The third-order valence-corrected chi connectivity index (χ3v) is 2.62. The number of nitrogens with zero attached hydrogens (tertiary/aromatic N) is 4. The van der Waals surface area contributed by atoms with Crippen molar-refractivity contribution in [3.8, 4) is 0 Å². The van der Waals surface area contributed by atoms with E-state index in [0.717, 1.165) is 0 Å². The molecule has 1 aromatic rings. The van der Waals surface area contributed by atoms with Crippen LogP contribution in [0, 0.1) is 0 Å². The number of anilines is 2. The van der Waals surface area contributed by atoms with Crippen molar-refractivity contribution in [3.63, 3.8) is 0 Å². The third-order valence-electron chi connectivity index (χ3n) is 1.67. The van der Waals surface area contributed by atoms with E-state index in [1.54, 1.807) is 11.2 Å². The number of nitrogens with one attached hydrogen (secondary N) is 1. The highest BCUT2D eigenvalue weighted by molar-refractivity contribution is 7.84. The van der Waals surface area contributed by atoms with Crippen molar-refractivity contribution in [2.75, 3.05) is 42.9 Å². The van der Waals surface area contributed by atoms with Gasteiger partial charge in [0, 0.05) is 43.4 Å². The molecule has 0 spiro atoms. The smallest absolute Gasteiger partial charge is 0.230 e. The van der Waals surface area contributed by atoms with E-state index in [1.807, 2.05) is 14.1 Å². The van der Waals surface area contributed by atoms with E-state index in [9.17, 15) is 4.21 Å². The lowest BCUT2D eigenvalue weighted by molar-refractivity contribution is 0.687. The standard InChI is InChI=1S/C8H14ClN5OS/c1-14(2)8-12-6(9)11-7(13-8)10-4-5-16(3)15/h4-5H2,1-3H3,(H,10,11,12,13). The van der Waals surface area contributed by atoms with Crippen molar-refractivity contribution in [2.45, 2.75) is 0 Å². The molecule has 0 amide bonds. The van der Waals surface area contributed by atoms with E-state index in [-0.39, 0.29) is 5.28 Å². The fourth-order valence-corrected chi connectivity index (χ4v) is 1.47. The van der Waals surface area contributed by atoms with E-state index in [4.69, 9.17) is 11.6 Å². The summed E-state index contributed by atoms with van der Waals surface area (Å²) in [5.74, 6) is 1.43. The Hall–Kier alpha value is -0.950. The topological polar surface area (TPSA) is 71.0 Å². The summed E-state index contributed by atoms with van der Waals surface area (Å²) in [5.41, 5.74) is 0. The molecule has 16 heavy (non-hydrogen) atoms. The van der Waals surface area contributed by atoms with Crippen LogP contribution in [0.2, 0.25) is 5.28 Å². The lowest BCUT2D eigenvalue weighted by Crippen LogP contribution is -2.17. The minimum Gasteiger partial charge on any atom is -0.353 e. The number of hydrogen-bond acceptors (Lipinski definition) is 6. The molecule has 0 saturated heterocycles. The van der Waals surface area contributed by atoms with Crippen LogP contribution in [-0.4, -0.2) is 51.8 Å². The maximum atomic E-state index is 10.9. The summed E-state index contributed by atoms with van der Waals surface area (Å²) in [5, 5.41) is 3.08. The summed E-state index contributed by atoms with van der Waals surface area (Å²) in [4.78, 5) is 13.7. The number of halogens is 1. The summed E-state index contributed by atoms with van der Waals surface area (Å²) in [6, 6.07) is 0. The number of rotatable bonds is 5. The van der Waals surface area contributed by atoms with Crippen LogP contribution in [-0.2, 0) is 10.8 Å². The molecule has 6 nitrogen and oxygen atoms in total. The third kappa shape index (κ3) is 4.28. The van der Waals surface area contributed by atoms with Crippen molar-refractivity contribution in [2.24, 2.45) is 0 Å². The van der Waals surface area contributed by atoms with Gasteiger partial charge in [0.2, 0.25) is 17.2 Å². The predicted octanol–water partition coefficient (Wildman–Crippen LogP) is 0.381. The van der Waals surface area contributed by atoms with Gasteiger partial charge in [-0.3, -0.25) is 4.21 Å². The molecule has 8 heteroatoms. The van der Waals surface area contributed by atoms with Gasteiger partial charge in [-0.15, -0.1) is 0 Å². The summed E-state index contributed by atoms with van der Waals surface area (Å²) < 4.78 is 10.9. The fourth-order valence-electron chi connectivity index (χ4n) is 0.925. The Kier molecular flexibility index (Phi) is 4.88. The largest absolute Gasteiger partial charge is 0.353 e. The van der Waals surface area contributed by atoms with Crippen LogP contribution < -0.4 is 10.2 Å². The molecule has 0 saturated carbocycles. The molecule has 1 unspecified atom stereocenters. The van der Waals surface area contributed by atoms with Gasteiger partial charge in [0.25, 0.3) is 0 Å². The number of hydrogen-bond donors (Lipinski definition) is 1. The molecule has 0 bridgehead atoms. The van der Waals surface area contributed by atoms with Crippen LogP contribution in [0.3, 0.4) is 0 Å². The first kappa shape index (κ1) is 13.1. The van der Waals surface area contributed by atoms with E-state index in [1.165, 1.54) is 0 Å². The monoisotopic (exact) mass is 263 g/mol. The van der Waals surface area contributed by atoms with Crippen molar-refractivity contribution < 1.29 is 4.21 Å². The summed E-state index contributed by atoms with van der Waals surface area (Å²) in [7, 11) is 2.80. The Bertz CT molecular complexity index is 387. The highest BCUT2D eigenvalue weighted by Gasteiger charge is 2.06. The van der Waals surface area contributed by atoms with Gasteiger partial charge in [0.05, 0.1) is 0 Å². The van der Waals surface area contributed by atoms with Crippen molar-refractivity contribution in [1.82, 2.24) is 15.0 Å². The second kappa shape index (κ2) is 5.95. The molecule has 0 fully saturated rings. The van der Waals surface area contributed by atoms with Gasteiger partial charge in [-0.1, -0.05) is 0 Å². The average Bonchev–Trinajstić information content (AvgIpc) is 2.16. The van der Waals surface area contributed by atoms with Gasteiger partial charge in [0.1, 0.15) is 0 Å². The van der Waals surface area contributed by atoms with Crippen LogP contribution >= 0.6 is 11.6 Å². The van der Waals surface area contributed by atoms with E-state index in [0.29, 0.717) is 24.2 Å². The van der Waals surface area contributed by atoms with Gasteiger partial charge in [-0.05, 0) is 11.6 Å². The van der Waals surface area contributed by atoms with Crippen LogP contribution in [0.5, 0.6) is 0 Å². The van der Waals surface area contributed by atoms with Crippen LogP contribution in [0.25, 0.3) is 0 Å². The van der Waals surface area contributed by atoms with Crippen LogP contribution in [0.1, 0.15) is 0 Å². The minimum absolute atomic E-state index is 0.138. The zero-order chi connectivity index (χ0) is 12.1. The second-order valence-electron chi connectivity index (χ2n) is 3.33. The lowest BCUT2D eigenvalue weighted by atomic mass is 10.7. The van der Waals surface area contributed by atoms with Gasteiger partial charge in [-0.25, -0.2) is 0 Å². The summed E-state index contributed by atoms with van der Waals surface area (Å²) in [6.07, 6.45) is 1.65. The first-order valence-corrected chi connectivity index (χ1v) is 6.72. The second-order valence-corrected chi connectivity index (χ2v) is 5.22. The van der Waals surface area contributed by atoms with Gasteiger partial charge >= 0.3 is 0 Å².